The molecule has 1 amide bonds. The predicted molar refractivity (Wildman–Crippen MR) is 107 cm³/mol. The van der Waals surface area contributed by atoms with Gasteiger partial charge in [-0.25, -0.2) is 9.07 Å². The Morgan fingerprint density at radius 2 is 1.89 bits per heavy atom. The van der Waals surface area contributed by atoms with Gasteiger partial charge >= 0.3 is 0 Å². The van der Waals surface area contributed by atoms with Crippen LogP contribution in [0.15, 0.2) is 60.7 Å². The zero-order valence-corrected chi connectivity index (χ0v) is 15.7. The van der Waals surface area contributed by atoms with Gasteiger partial charge < -0.3 is 10.6 Å². The van der Waals surface area contributed by atoms with E-state index >= 15 is 0 Å². The lowest BCUT2D eigenvalue weighted by molar-refractivity contribution is -0.115. The molecule has 144 valence electrons. The molecule has 4 rings (SSSR count). The number of carbonyl (C=O) groups is 1. The number of para-hydroxylation sites is 1. The van der Waals surface area contributed by atoms with Crippen LogP contribution in [0.1, 0.15) is 43.0 Å². The number of nitrogens with zero attached hydrogens (tertiary/aromatic N) is 2. The molecule has 6 heteroatoms. The van der Waals surface area contributed by atoms with Crippen molar-refractivity contribution in [2.45, 2.75) is 31.7 Å². The van der Waals surface area contributed by atoms with Crippen LogP contribution in [0.4, 0.5) is 10.2 Å². The summed E-state index contributed by atoms with van der Waals surface area (Å²) in [7, 11) is 0. The number of amides is 1. The second-order valence-electron chi connectivity index (χ2n) is 7.15. The molecule has 5 nitrogen and oxygen atoms in total. The molecule has 1 aromatic heterocycles. The number of halogens is 1. The maximum absolute atomic E-state index is 13.9. The van der Waals surface area contributed by atoms with Crippen LogP contribution in [0.25, 0.3) is 5.69 Å². The van der Waals surface area contributed by atoms with Crippen LogP contribution in [-0.2, 0) is 4.79 Å². The summed E-state index contributed by atoms with van der Waals surface area (Å²) in [6.45, 7) is 1.92. The quantitative estimate of drug-likeness (QED) is 0.648. The highest BCUT2D eigenvalue weighted by Gasteiger charge is 2.28. The topological polar surface area (TPSA) is 59.0 Å². The fourth-order valence-electron chi connectivity index (χ4n) is 3.20. The highest BCUT2D eigenvalue weighted by Crippen LogP contribution is 2.40. The summed E-state index contributed by atoms with van der Waals surface area (Å²) in [4.78, 5) is 12.5. The molecule has 3 aromatic rings. The second kappa shape index (κ2) is 7.94. The fourth-order valence-corrected chi connectivity index (χ4v) is 3.20. The highest BCUT2D eigenvalue weighted by molar-refractivity contribution is 5.91. The van der Waals surface area contributed by atoms with Crippen molar-refractivity contribution in [1.82, 2.24) is 15.1 Å². The van der Waals surface area contributed by atoms with Crippen molar-refractivity contribution in [2.75, 3.05) is 11.9 Å². The molecule has 2 aromatic carbocycles. The van der Waals surface area contributed by atoms with Gasteiger partial charge in [-0.3, -0.25) is 4.79 Å². The molecule has 0 aliphatic heterocycles. The minimum Gasteiger partial charge on any atom is -0.309 e. The number of aromatic nitrogens is 2. The molecule has 1 aliphatic rings. The minimum absolute atomic E-state index is 0.0776. The minimum atomic E-state index is -0.279. The Labute approximate surface area is 163 Å². The molecular formula is C22H23FN4O. The molecule has 28 heavy (non-hydrogen) atoms. The summed E-state index contributed by atoms with van der Waals surface area (Å²) in [6.07, 6.45) is 2.28. The predicted octanol–water partition coefficient (Wildman–Crippen LogP) is 4.18. The highest BCUT2D eigenvalue weighted by atomic mass is 19.1. The van der Waals surface area contributed by atoms with Gasteiger partial charge in [0, 0.05) is 23.6 Å². The standard InChI is InChI=1S/C22H23FN4O/c1-15(18-9-5-6-10-19(18)23)24-14-22(28)25-21-13-20(16-11-12-16)26-27(21)17-7-3-2-4-8-17/h2-10,13,15-16,24H,11-12,14H2,1H3,(H,25,28)/t15-/m0/s1. The maximum Gasteiger partial charge on any atom is 0.239 e. The Balaban J connectivity index is 1.45. The molecule has 1 heterocycles. The number of benzene rings is 2. The zero-order valence-electron chi connectivity index (χ0n) is 15.7. The summed E-state index contributed by atoms with van der Waals surface area (Å²) in [6, 6.07) is 18.0. The summed E-state index contributed by atoms with van der Waals surface area (Å²) in [5, 5.41) is 10.7. The van der Waals surface area contributed by atoms with Crippen LogP contribution in [0, 0.1) is 5.82 Å². The monoisotopic (exact) mass is 378 g/mol. The van der Waals surface area contributed by atoms with Gasteiger partial charge in [0.05, 0.1) is 17.9 Å². The molecular weight excluding hydrogens is 355 g/mol. The van der Waals surface area contributed by atoms with Gasteiger partial charge in [-0.1, -0.05) is 36.4 Å². The van der Waals surface area contributed by atoms with Crippen LogP contribution in [0.2, 0.25) is 0 Å². The lowest BCUT2D eigenvalue weighted by Crippen LogP contribution is -2.31. The molecule has 2 N–H and O–H groups in total. The van der Waals surface area contributed by atoms with E-state index in [0.29, 0.717) is 17.3 Å². The molecule has 0 bridgehead atoms. The first-order valence-electron chi connectivity index (χ1n) is 9.55. The Hall–Kier alpha value is -2.99. The molecule has 0 radical (unpaired) electrons. The Kier molecular flexibility index (Phi) is 5.21. The number of nitrogens with one attached hydrogen (secondary N) is 2. The number of carbonyl (C=O) groups excluding carboxylic acids is 1. The average molecular weight is 378 g/mol. The summed E-state index contributed by atoms with van der Waals surface area (Å²) >= 11 is 0. The third-order valence-electron chi connectivity index (χ3n) is 4.93. The molecule has 0 saturated heterocycles. The Morgan fingerprint density at radius 3 is 2.61 bits per heavy atom. The van der Waals surface area contributed by atoms with E-state index in [1.165, 1.54) is 6.07 Å². The second-order valence-corrected chi connectivity index (χ2v) is 7.15. The summed E-state index contributed by atoms with van der Waals surface area (Å²) < 4.78 is 15.7. The third-order valence-corrected chi connectivity index (χ3v) is 4.93. The number of hydrogen-bond donors (Lipinski definition) is 2. The van der Waals surface area contributed by atoms with Crippen molar-refractivity contribution in [2.24, 2.45) is 0 Å². The van der Waals surface area contributed by atoms with E-state index in [1.54, 1.807) is 22.9 Å². The Bertz CT molecular complexity index is 966. The van der Waals surface area contributed by atoms with Crippen molar-refractivity contribution >= 4 is 11.7 Å². The van der Waals surface area contributed by atoms with E-state index in [2.05, 4.69) is 15.7 Å². The molecule has 1 atom stereocenters. The molecule has 1 fully saturated rings. The normalized spacial score (nSPS) is 14.6. The van der Waals surface area contributed by atoms with Crippen LogP contribution < -0.4 is 10.6 Å². The van der Waals surface area contributed by atoms with E-state index in [0.717, 1.165) is 24.2 Å². The summed E-state index contributed by atoms with van der Waals surface area (Å²) in [5.41, 5.74) is 2.45. The van der Waals surface area contributed by atoms with Crippen LogP contribution in [-0.4, -0.2) is 22.2 Å². The molecule has 1 saturated carbocycles. The van der Waals surface area contributed by atoms with Crippen molar-refractivity contribution in [3.63, 3.8) is 0 Å². The largest absolute Gasteiger partial charge is 0.309 e. The van der Waals surface area contributed by atoms with Gasteiger partial charge in [-0.15, -0.1) is 0 Å². The smallest absolute Gasteiger partial charge is 0.239 e. The van der Waals surface area contributed by atoms with Crippen LogP contribution in [0.5, 0.6) is 0 Å². The number of anilines is 1. The van der Waals surface area contributed by atoms with Crippen LogP contribution >= 0.6 is 0 Å². The lowest BCUT2D eigenvalue weighted by atomic mass is 10.1. The maximum atomic E-state index is 13.9. The van der Waals surface area contributed by atoms with E-state index in [-0.39, 0.29) is 24.3 Å². The van der Waals surface area contributed by atoms with Gasteiger partial charge in [0.15, 0.2) is 0 Å². The van der Waals surface area contributed by atoms with Gasteiger partial charge in [0.2, 0.25) is 5.91 Å². The molecule has 0 unspecified atom stereocenters. The first-order valence-corrected chi connectivity index (χ1v) is 9.55. The van der Waals surface area contributed by atoms with Crippen molar-refractivity contribution < 1.29 is 9.18 Å². The average Bonchev–Trinajstić information content (AvgIpc) is 3.48. The van der Waals surface area contributed by atoms with Gasteiger partial charge in [0.25, 0.3) is 0 Å². The third kappa shape index (κ3) is 4.12. The van der Waals surface area contributed by atoms with E-state index < -0.39 is 0 Å². The van der Waals surface area contributed by atoms with Gasteiger partial charge in [0.1, 0.15) is 11.6 Å². The van der Waals surface area contributed by atoms with E-state index in [1.807, 2.05) is 43.3 Å². The fraction of sp³-hybridized carbons (Fsp3) is 0.273. The van der Waals surface area contributed by atoms with E-state index in [9.17, 15) is 9.18 Å². The zero-order chi connectivity index (χ0) is 19.5. The number of hydrogen-bond acceptors (Lipinski definition) is 3. The van der Waals surface area contributed by atoms with Crippen molar-refractivity contribution in [3.05, 3.63) is 77.7 Å². The van der Waals surface area contributed by atoms with Crippen molar-refractivity contribution in [1.29, 1.82) is 0 Å². The van der Waals surface area contributed by atoms with Crippen LogP contribution in [0.3, 0.4) is 0 Å². The Morgan fingerprint density at radius 1 is 1.18 bits per heavy atom. The van der Waals surface area contributed by atoms with Crippen molar-refractivity contribution in [3.8, 4) is 5.69 Å². The van der Waals surface area contributed by atoms with E-state index in [4.69, 9.17) is 0 Å². The van der Waals surface area contributed by atoms with Gasteiger partial charge in [-0.2, -0.15) is 5.10 Å². The molecule has 0 spiro atoms. The molecule has 1 aliphatic carbocycles. The summed E-state index contributed by atoms with van der Waals surface area (Å²) in [5.74, 6) is 0.667. The lowest BCUT2D eigenvalue weighted by Gasteiger charge is -2.15. The number of rotatable bonds is 7. The SMILES string of the molecule is C[C@H](NCC(=O)Nc1cc(C2CC2)nn1-c1ccccc1)c1ccccc1F. The first kappa shape index (κ1) is 18.4. The first-order chi connectivity index (χ1) is 13.6. The van der Waals surface area contributed by atoms with Gasteiger partial charge in [-0.05, 0) is 38.0 Å².